The van der Waals surface area contributed by atoms with E-state index < -0.39 is 10.0 Å². The zero-order valence-electron chi connectivity index (χ0n) is 13.2. The smallest absolute Gasteiger partial charge is 0.216 e. The fraction of sp³-hybridized carbons (Fsp3) is 0.500. The highest BCUT2D eigenvalue weighted by Crippen LogP contribution is 2.37. The van der Waals surface area contributed by atoms with Crippen molar-refractivity contribution in [2.45, 2.75) is 36.9 Å². The summed E-state index contributed by atoms with van der Waals surface area (Å²) in [5, 5.41) is 9.68. The molecule has 0 amide bonds. The van der Waals surface area contributed by atoms with Crippen LogP contribution < -0.4 is 0 Å². The van der Waals surface area contributed by atoms with Gasteiger partial charge in [-0.1, -0.05) is 0 Å². The maximum absolute atomic E-state index is 12.4. The molecule has 5 rings (SSSR count). The molecule has 0 unspecified atom stereocenters. The van der Waals surface area contributed by atoms with E-state index in [4.69, 9.17) is 0 Å². The number of aromatic nitrogens is 4. The average Bonchev–Trinajstić information content (AvgIpc) is 3.20. The Bertz CT molecular complexity index is 1010. The molecule has 2 aliphatic rings. The van der Waals surface area contributed by atoms with Gasteiger partial charge in [-0.25, -0.2) is 17.7 Å². The maximum atomic E-state index is 12.4. The number of nitrogens with zero attached hydrogens (tertiary/aromatic N) is 3. The van der Waals surface area contributed by atoms with Crippen molar-refractivity contribution in [2.24, 2.45) is 0 Å². The van der Waals surface area contributed by atoms with Crippen molar-refractivity contribution < 1.29 is 8.42 Å². The second kappa shape index (κ2) is 5.03. The number of fused-ring (bicyclic) bond motifs is 3. The standard InChI is InChI=1S/C16H19N5O2S/c22-24(23,11-1-2-11)21-7-4-10(5-8-21)15-14-12-3-6-17-16(12)18-9-13(14)19-20-15/h3,6,9-11H,1-2,4-5,7-8H2,(H,17,18)(H,19,20). The van der Waals surface area contributed by atoms with Crippen LogP contribution in [0.1, 0.15) is 37.3 Å². The summed E-state index contributed by atoms with van der Waals surface area (Å²) in [6.07, 6.45) is 6.98. The molecule has 4 heterocycles. The first-order valence-corrected chi connectivity index (χ1v) is 9.94. The van der Waals surface area contributed by atoms with Crippen molar-refractivity contribution in [3.63, 3.8) is 0 Å². The van der Waals surface area contributed by atoms with Crippen LogP contribution in [0.25, 0.3) is 21.9 Å². The Labute approximate surface area is 139 Å². The number of hydrogen-bond donors (Lipinski definition) is 2. The highest BCUT2D eigenvalue weighted by atomic mass is 32.2. The predicted molar refractivity (Wildman–Crippen MR) is 91.2 cm³/mol. The molecule has 3 aromatic rings. The zero-order chi connectivity index (χ0) is 16.3. The summed E-state index contributed by atoms with van der Waals surface area (Å²) in [6, 6.07) is 2.02. The second-order valence-corrected chi connectivity index (χ2v) is 9.03. The Morgan fingerprint density at radius 1 is 1.17 bits per heavy atom. The Morgan fingerprint density at radius 3 is 2.71 bits per heavy atom. The fourth-order valence-corrected chi connectivity index (χ4v) is 5.67. The molecule has 1 saturated carbocycles. The van der Waals surface area contributed by atoms with E-state index in [1.54, 1.807) is 10.5 Å². The van der Waals surface area contributed by atoms with Gasteiger partial charge in [0.1, 0.15) is 5.65 Å². The highest BCUT2D eigenvalue weighted by Gasteiger charge is 2.41. The van der Waals surface area contributed by atoms with Gasteiger partial charge in [0.25, 0.3) is 0 Å². The molecule has 0 bridgehead atoms. The minimum atomic E-state index is -3.06. The minimum absolute atomic E-state index is 0.120. The summed E-state index contributed by atoms with van der Waals surface area (Å²) in [6.45, 7) is 1.19. The molecular formula is C16H19N5O2S. The molecule has 0 radical (unpaired) electrons. The van der Waals surface area contributed by atoms with Gasteiger partial charge in [-0.2, -0.15) is 5.10 Å². The molecule has 8 heteroatoms. The summed E-state index contributed by atoms with van der Waals surface area (Å²) < 4.78 is 26.5. The highest BCUT2D eigenvalue weighted by molar-refractivity contribution is 7.90. The van der Waals surface area contributed by atoms with Crippen LogP contribution in [0, 0.1) is 0 Å². The van der Waals surface area contributed by atoms with Gasteiger partial charge < -0.3 is 4.98 Å². The van der Waals surface area contributed by atoms with Crippen molar-refractivity contribution in [2.75, 3.05) is 13.1 Å². The van der Waals surface area contributed by atoms with Crippen LogP contribution in [0.5, 0.6) is 0 Å². The van der Waals surface area contributed by atoms with Crippen LogP contribution in [-0.4, -0.2) is 51.2 Å². The third kappa shape index (κ3) is 2.09. The first-order valence-electron chi connectivity index (χ1n) is 8.43. The van der Waals surface area contributed by atoms with Crippen LogP contribution in [0.2, 0.25) is 0 Å². The SMILES string of the molecule is O=S(=O)(C1CC1)N1CCC(c2n[nH]c3cnc4[nH]ccc4c23)CC1. The molecule has 1 aliphatic carbocycles. The van der Waals surface area contributed by atoms with Gasteiger partial charge in [0.15, 0.2) is 0 Å². The second-order valence-electron chi connectivity index (χ2n) is 6.81. The number of hydrogen-bond acceptors (Lipinski definition) is 4. The predicted octanol–water partition coefficient (Wildman–Crippen LogP) is 2.11. The number of aromatic amines is 2. The summed E-state index contributed by atoms with van der Waals surface area (Å²) in [4.78, 5) is 7.52. The van der Waals surface area contributed by atoms with Gasteiger partial charge in [0.2, 0.25) is 10.0 Å². The van der Waals surface area contributed by atoms with Gasteiger partial charge in [0.05, 0.1) is 22.7 Å². The molecule has 3 aromatic heterocycles. The molecule has 2 N–H and O–H groups in total. The maximum Gasteiger partial charge on any atom is 0.216 e. The average molecular weight is 345 g/mol. The summed E-state index contributed by atoms with van der Waals surface area (Å²) in [5.41, 5.74) is 2.84. The molecule has 126 valence electrons. The normalized spacial score (nSPS) is 21.0. The number of rotatable bonds is 3. The number of sulfonamides is 1. The van der Waals surface area contributed by atoms with Crippen molar-refractivity contribution in [1.82, 2.24) is 24.5 Å². The monoisotopic (exact) mass is 345 g/mol. The molecule has 1 aliphatic heterocycles. The van der Waals surface area contributed by atoms with E-state index >= 15 is 0 Å². The van der Waals surface area contributed by atoms with E-state index in [1.165, 1.54) is 0 Å². The molecule has 7 nitrogen and oxygen atoms in total. The summed E-state index contributed by atoms with van der Waals surface area (Å²) >= 11 is 0. The van der Waals surface area contributed by atoms with E-state index in [0.717, 1.165) is 53.3 Å². The molecule has 1 saturated heterocycles. The van der Waals surface area contributed by atoms with Gasteiger partial charge in [-0.3, -0.25) is 5.10 Å². The number of nitrogens with one attached hydrogen (secondary N) is 2. The van der Waals surface area contributed by atoms with Crippen LogP contribution in [0.3, 0.4) is 0 Å². The zero-order valence-corrected chi connectivity index (χ0v) is 14.0. The van der Waals surface area contributed by atoms with Gasteiger partial charge in [-0.05, 0) is 31.7 Å². The Hall–Kier alpha value is -1.93. The molecule has 0 spiro atoms. The molecule has 2 fully saturated rings. The fourth-order valence-electron chi connectivity index (χ4n) is 3.80. The minimum Gasteiger partial charge on any atom is -0.346 e. The van der Waals surface area contributed by atoms with Crippen molar-refractivity contribution >= 4 is 32.0 Å². The van der Waals surface area contributed by atoms with E-state index in [-0.39, 0.29) is 11.2 Å². The van der Waals surface area contributed by atoms with Crippen molar-refractivity contribution in [3.05, 3.63) is 24.2 Å². The van der Waals surface area contributed by atoms with Crippen molar-refractivity contribution in [1.29, 1.82) is 0 Å². The molecule has 0 atom stereocenters. The number of H-pyrrole nitrogens is 2. The first kappa shape index (κ1) is 14.4. The van der Waals surface area contributed by atoms with Crippen LogP contribution in [0.4, 0.5) is 0 Å². The number of piperidine rings is 1. The van der Waals surface area contributed by atoms with Crippen LogP contribution in [-0.2, 0) is 10.0 Å². The third-order valence-electron chi connectivity index (χ3n) is 5.29. The van der Waals surface area contributed by atoms with Gasteiger partial charge in [0, 0.05) is 36.0 Å². The lowest BCUT2D eigenvalue weighted by atomic mass is 9.92. The lowest BCUT2D eigenvalue weighted by molar-refractivity contribution is 0.317. The van der Waals surface area contributed by atoms with Crippen LogP contribution in [0.15, 0.2) is 18.5 Å². The summed E-state index contributed by atoms with van der Waals surface area (Å²) in [7, 11) is -3.06. The Balaban J connectivity index is 1.46. The van der Waals surface area contributed by atoms with Gasteiger partial charge in [-0.15, -0.1) is 0 Å². The molecule has 0 aromatic carbocycles. The third-order valence-corrected chi connectivity index (χ3v) is 7.68. The summed E-state index contributed by atoms with van der Waals surface area (Å²) in [5.74, 6) is 0.282. The van der Waals surface area contributed by atoms with Crippen molar-refractivity contribution in [3.8, 4) is 0 Å². The van der Waals surface area contributed by atoms with E-state index in [1.807, 2.05) is 12.3 Å². The first-order chi connectivity index (χ1) is 11.6. The van der Waals surface area contributed by atoms with E-state index in [0.29, 0.717) is 13.1 Å². The van der Waals surface area contributed by atoms with Gasteiger partial charge >= 0.3 is 0 Å². The largest absolute Gasteiger partial charge is 0.346 e. The van der Waals surface area contributed by atoms with E-state index in [2.05, 4.69) is 20.2 Å². The molecule has 24 heavy (non-hydrogen) atoms. The lowest BCUT2D eigenvalue weighted by Gasteiger charge is -2.30. The topological polar surface area (TPSA) is 94.7 Å². The lowest BCUT2D eigenvalue weighted by Crippen LogP contribution is -2.39. The quantitative estimate of drug-likeness (QED) is 0.760. The Morgan fingerprint density at radius 2 is 1.96 bits per heavy atom. The van der Waals surface area contributed by atoms with E-state index in [9.17, 15) is 8.42 Å². The number of pyridine rings is 1. The van der Waals surface area contributed by atoms with Crippen LogP contribution >= 0.6 is 0 Å². The molecular weight excluding hydrogens is 326 g/mol. The Kier molecular flexibility index (Phi) is 3.02.